The lowest BCUT2D eigenvalue weighted by Gasteiger charge is -2.25. The van der Waals surface area contributed by atoms with Crippen molar-refractivity contribution in [2.75, 3.05) is 0 Å². The molecule has 0 fully saturated rings. The SMILES string of the molecule is NC(=O)CCC(N)C(=O)NC(CCC(N)=O)C(=O)NC(Cc1ccccc1)C(=O)NC(CCC(N)=O)C(=O)O. The van der Waals surface area contributed by atoms with E-state index in [4.69, 9.17) is 22.9 Å². The Balaban J connectivity index is 3.13. The predicted octanol–water partition coefficient (Wildman–Crippen LogP) is -3.11. The van der Waals surface area contributed by atoms with Crippen LogP contribution in [0.3, 0.4) is 0 Å². The first kappa shape index (κ1) is 32.5. The van der Waals surface area contributed by atoms with Gasteiger partial charge in [-0.15, -0.1) is 0 Å². The molecule has 12 N–H and O–H groups in total. The molecule has 15 nitrogen and oxygen atoms in total. The van der Waals surface area contributed by atoms with E-state index in [1.54, 1.807) is 30.3 Å². The highest BCUT2D eigenvalue weighted by Crippen LogP contribution is 2.08. The molecular weight excluding hydrogens is 514 g/mol. The molecule has 39 heavy (non-hydrogen) atoms. The van der Waals surface area contributed by atoms with Crippen LogP contribution in [0.4, 0.5) is 0 Å². The van der Waals surface area contributed by atoms with Crippen LogP contribution in [0.25, 0.3) is 0 Å². The maximum absolute atomic E-state index is 13.2. The highest BCUT2D eigenvalue weighted by Gasteiger charge is 2.31. The molecule has 0 aliphatic carbocycles. The van der Waals surface area contributed by atoms with Crippen LogP contribution in [0, 0.1) is 0 Å². The minimum Gasteiger partial charge on any atom is -0.480 e. The normalized spacial score (nSPS) is 13.7. The molecule has 0 aliphatic heterocycles. The topological polar surface area (TPSA) is 280 Å². The number of benzene rings is 1. The summed E-state index contributed by atoms with van der Waals surface area (Å²) in [7, 11) is 0. The molecule has 4 atom stereocenters. The summed E-state index contributed by atoms with van der Waals surface area (Å²) in [6.07, 6.45) is -1.43. The van der Waals surface area contributed by atoms with Crippen molar-refractivity contribution in [1.29, 1.82) is 0 Å². The smallest absolute Gasteiger partial charge is 0.326 e. The summed E-state index contributed by atoms with van der Waals surface area (Å²) < 4.78 is 0. The van der Waals surface area contributed by atoms with Gasteiger partial charge in [-0.1, -0.05) is 30.3 Å². The molecule has 0 aromatic heterocycles. The van der Waals surface area contributed by atoms with E-state index in [0.29, 0.717) is 5.56 Å². The molecule has 214 valence electrons. The fourth-order valence-electron chi connectivity index (χ4n) is 3.41. The van der Waals surface area contributed by atoms with Crippen LogP contribution in [-0.2, 0) is 40.0 Å². The Hall–Kier alpha value is -4.53. The molecule has 1 aromatic rings. The van der Waals surface area contributed by atoms with Gasteiger partial charge in [-0.05, 0) is 24.8 Å². The number of primary amides is 3. The molecule has 6 amide bonds. The number of nitrogens with two attached hydrogens (primary N) is 4. The number of carbonyl (C=O) groups excluding carboxylic acids is 6. The zero-order valence-electron chi connectivity index (χ0n) is 21.3. The molecular formula is C24H35N7O8. The van der Waals surface area contributed by atoms with Gasteiger partial charge in [-0.2, -0.15) is 0 Å². The molecule has 15 heteroatoms. The van der Waals surface area contributed by atoms with E-state index in [2.05, 4.69) is 16.0 Å². The third kappa shape index (κ3) is 13.0. The summed E-state index contributed by atoms with van der Waals surface area (Å²) in [4.78, 5) is 83.8. The zero-order chi connectivity index (χ0) is 29.5. The lowest BCUT2D eigenvalue weighted by molar-refractivity contribution is -0.142. The first-order valence-electron chi connectivity index (χ1n) is 12.1. The monoisotopic (exact) mass is 549 g/mol. The van der Waals surface area contributed by atoms with Gasteiger partial charge in [0, 0.05) is 25.7 Å². The molecule has 4 unspecified atom stereocenters. The third-order valence-electron chi connectivity index (χ3n) is 5.56. The lowest BCUT2D eigenvalue weighted by Crippen LogP contribution is -2.57. The molecule has 0 heterocycles. The van der Waals surface area contributed by atoms with Gasteiger partial charge in [0.2, 0.25) is 35.4 Å². The van der Waals surface area contributed by atoms with Crippen LogP contribution in [0.2, 0.25) is 0 Å². The van der Waals surface area contributed by atoms with Crippen LogP contribution in [-0.4, -0.2) is 70.7 Å². The Kier molecular flexibility index (Phi) is 13.6. The van der Waals surface area contributed by atoms with Crippen molar-refractivity contribution in [2.24, 2.45) is 22.9 Å². The van der Waals surface area contributed by atoms with Crippen molar-refractivity contribution in [3.63, 3.8) is 0 Å². The van der Waals surface area contributed by atoms with E-state index in [1.165, 1.54) is 0 Å². The number of nitrogens with one attached hydrogen (secondary N) is 3. The standard InChI is InChI=1S/C24H35N7O8/c25-14(6-9-18(26)32)21(35)29-15(7-10-19(27)33)22(36)31-17(12-13-4-2-1-3-5-13)23(37)30-16(24(38)39)8-11-20(28)34/h1-5,14-17H,6-12,25H2,(H2,26,32)(H2,27,33)(H2,28,34)(H,29,35)(H,30,37)(H,31,36)(H,38,39). The van der Waals surface area contributed by atoms with Crippen molar-refractivity contribution in [1.82, 2.24) is 16.0 Å². The van der Waals surface area contributed by atoms with Crippen LogP contribution >= 0.6 is 0 Å². The van der Waals surface area contributed by atoms with Gasteiger partial charge in [0.05, 0.1) is 6.04 Å². The average molecular weight is 550 g/mol. The maximum atomic E-state index is 13.2. The van der Waals surface area contributed by atoms with Crippen molar-refractivity contribution in [3.05, 3.63) is 35.9 Å². The predicted molar refractivity (Wildman–Crippen MR) is 137 cm³/mol. The van der Waals surface area contributed by atoms with Crippen molar-refractivity contribution in [3.8, 4) is 0 Å². The van der Waals surface area contributed by atoms with Gasteiger partial charge in [-0.25, -0.2) is 4.79 Å². The molecule has 0 aliphatic rings. The lowest BCUT2D eigenvalue weighted by atomic mass is 10.0. The fourth-order valence-corrected chi connectivity index (χ4v) is 3.41. The van der Waals surface area contributed by atoms with Crippen LogP contribution in [0.5, 0.6) is 0 Å². The first-order chi connectivity index (χ1) is 18.3. The number of rotatable bonds is 18. The molecule has 0 saturated carbocycles. The Morgan fingerprint density at radius 3 is 1.59 bits per heavy atom. The number of carboxylic acid groups (broad SMARTS) is 1. The van der Waals surface area contributed by atoms with Crippen molar-refractivity contribution < 1.29 is 38.7 Å². The Bertz CT molecular complexity index is 1050. The number of hydrogen-bond donors (Lipinski definition) is 8. The Morgan fingerprint density at radius 1 is 0.641 bits per heavy atom. The minimum atomic E-state index is -1.46. The van der Waals surface area contributed by atoms with Crippen LogP contribution < -0.4 is 38.9 Å². The molecule has 1 rings (SSSR count). The molecule has 0 saturated heterocycles. The summed E-state index contributed by atoms with van der Waals surface area (Å²) in [6.45, 7) is 0. The van der Waals surface area contributed by atoms with E-state index in [9.17, 15) is 38.7 Å². The Labute approximate surface area is 224 Å². The van der Waals surface area contributed by atoms with E-state index < -0.39 is 65.6 Å². The van der Waals surface area contributed by atoms with E-state index in [-0.39, 0.29) is 44.9 Å². The van der Waals surface area contributed by atoms with E-state index in [0.717, 1.165) is 0 Å². The summed E-state index contributed by atoms with van der Waals surface area (Å²) >= 11 is 0. The second kappa shape index (κ2) is 16.3. The summed E-state index contributed by atoms with van der Waals surface area (Å²) in [5.41, 5.74) is 21.7. The molecule has 1 aromatic carbocycles. The zero-order valence-corrected chi connectivity index (χ0v) is 21.3. The van der Waals surface area contributed by atoms with E-state index >= 15 is 0 Å². The Morgan fingerprint density at radius 2 is 1.08 bits per heavy atom. The average Bonchev–Trinajstić information content (AvgIpc) is 2.86. The van der Waals surface area contributed by atoms with Gasteiger partial charge in [0.15, 0.2) is 0 Å². The van der Waals surface area contributed by atoms with Crippen LogP contribution in [0.15, 0.2) is 30.3 Å². The van der Waals surface area contributed by atoms with Crippen molar-refractivity contribution >= 4 is 41.4 Å². The molecule has 0 bridgehead atoms. The summed E-state index contributed by atoms with van der Waals surface area (Å²) in [5.74, 6) is -6.14. The summed E-state index contributed by atoms with van der Waals surface area (Å²) in [6, 6.07) is 3.17. The van der Waals surface area contributed by atoms with E-state index in [1.807, 2.05) is 0 Å². The molecule has 0 spiro atoms. The second-order valence-electron chi connectivity index (χ2n) is 8.83. The quantitative estimate of drug-likeness (QED) is 0.0918. The third-order valence-corrected chi connectivity index (χ3v) is 5.56. The molecule has 0 radical (unpaired) electrons. The van der Waals surface area contributed by atoms with Gasteiger partial charge in [-0.3, -0.25) is 28.8 Å². The fraction of sp³-hybridized carbons (Fsp3) is 0.458. The van der Waals surface area contributed by atoms with Gasteiger partial charge in [0.1, 0.15) is 18.1 Å². The number of hydrogen-bond acceptors (Lipinski definition) is 8. The number of carboxylic acids is 1. The number of amides is 6. The van der Waals surface area contributed by atoms with Crippen molar-refractivity contribution in [2.45, 2.75) is 69.1 Å². The second-order valence-corrected chi connectivity index (χ2v) is 8.83. The van der Waals surface area contributed by atoms with Gasteiger partial charge >= 0.3 is 5.97 Å². The van der Waals surface area contributed by atoms with Gasteiger partial charge < -0.3 is 44.0 Å². The highest BCUT2D eigenvalue weighted by molar-refractivity contribution is 5.94. The van der Waals surface area contributed by atoms with Gasteiger partial charge in [0.25, 0.3) is 0 Å². The maximum Gasteiger partial charge on any atom is 0.326 e. The minimum absolute atomic E-state index is 0.0603. The summed E-state index contributed by atoms with van der Waals surface area (Å²) in [5, 5.41) is 16.6. The number of carbonyl (C=O) groups is 7. The highest BCUT2D eigenvalue weighted by atomic mass is 16.4. The largest absolute Gasteiger partial charge is 0.480 e. The number of aliphatic carboxylic acids is 1. The van der Waals surface area contributed by atoms with Crippen LogP contribution in [0.1, 0.15) is 44.1 Å². The first-order valence-corrected chi connectivity index (χ1v) is 12.1.